The smallest absolute Gasteiger partial charge is 0.237 e. The Morgan fingerprint density at radius 3 is 3.12 bits per heavy atom. The Hall–Kier alpha value is -1.75. The van der Waals surface area contributed by atoms with Crippen molar-refractivity contribution in [2.24, 2.45) is 5.73 Å². The second kappa shape index (κ2) is 5.97. The molecule has 0 aliphatic rings. The van der Waals surface area contributed by atoms with Crippen LogP contribution in [0.5, 0.6) is 0 Å². The lowest BCUT2D eigenvalue weighted by molar-refractivity contribution is -0.122. The van der Waals surface area contributed by atoms with E-state index in [2.05, 4.69) is 21.9 Å². The van der Waals surface area contributed by atoms with E-state index in [-0.39, 0.29) is 5.91 Å². The summed E-state index contributed by atoms with van der Waals surface area (Å²) in [4.78, 5) is 19.6. The van der Waals surface area contributed by atoms with Gasteiger partial charge >= 0.3 is 0 Å². The molecule has 1 unspecified atom stereocenters. The first kappa shape index (κ1) is 12.3. The van der Waals surface area contributed by atoms with Gasteiger partial charge in [0.15, 0.2) is 0 Å². The molecule has 0 bridgehead atoms. The molecule has 86 valence electrons. The van der Waals surface area contributed by atoms with E-state index in [0.717, 1.165) is 5.69 Å². The molecule has 1 heterocycles. The number of rotatable bonds is 5. The van der Waals surface area contributed by atoms with Crippen LogP contribution in [-0.2, 0) is 11.3 Å². The molecule has 0 spiro atoms. The number of carbonyl (C=O) groups is 1. The average molecular weight is 220 g/mol. The maximum atomic E-state index is 11.5. The zero-order valence-corrected chi connectivity index (χ0v) is 9.31. The predicted octanol–water partition coefficient (Wildman–Crippen LogP) is 0.305. The molecule has 0 aromatic carbocycles. The van der Waals surface area contributed by atoms with Crippen LogP contribution in [-0.4, -0.2) is 21.9 Å². The van der Waals surface area contributed by atoms with E-state index in [4.69, 9.17) is 5.73 Å². The molecule has 1 atom stereocenters. The molecule has 16 heavy (non-hydrogen) atoms. The summed E-state index contributed by atoms with van der Waals surface area (Å²) in [6.45, 7) is 5.70. The Morgan fingerprint density at radius 2 is 2.50 bits per heavy atom. The van der Waals surface area contributed by atoms with Crippen molar-refractivity contribution in [3.8, 4) is 0 Å². The number of nitrogens with one attached hydrogen (secondary N) is 1. The van der Waals surface area contributed by atoms with Crippen LogP contribution in [0, 0.1) is 6.92 Å². The normalized spacial score (nSPS) is 11.9. The molecule has 0 saturated heterocycles. The molecule has 0 saturated carbocycles. The zero-order valence-electron chi connectivity index (χ0n) is 9.31. The molecule has 5 nitrogen and oxygen atoms in total. The minimum Gasteiger partial charge on any atom is -0.349 e. The van der Waals surface area contributed by atoms with E-state index in [9.17, 15) is 4.79 Å². The van der Waals surface area contributed by atoms with E-state index in [1.807, 2.05) is 0 Å². The van der Waals surface area contributed by atoms with Gasteiger partial charge in [-0.05, 0) is 19.4 Å². The quantitative estimate of drug-likeness (QED) is 0.699. The highest BCUT2D eigenvalue weighted by Crippen LogP contribution is 1.95. The van der Waals surface area contributed by atoms with Crippen molar-refractivity contribution in [3.63, 3.8) is 0 Å². The van der Waals surface area contributed by atoms with Crippen molar-refractivity contribution in [1.82, 2.24) is 15.3 Å². The van der Waals surface area contributed by atoms with Crippen LogP contribution in [0.1, 0.15) is 17.9 Å². The maximum Gasteiger partial charge on any atom is 0.237 e. The topological polar surface area (TPSA) is 80.9 Å². The van der Waals surface area contributed by atoms with Crippen molar-refractivity contribution in [2.75, 3.05) is 0 Å². The molecule has 0 radical (unpaired) electrons. The predicted molar refractivity (Wildman–Crippen MR) is 61.4 cm³/mol. The molecule has 0 fully saturated rings. The number of hydrogen-bond acceptors (Lipinski definition) is 4. The van der Waals surface area contributed by atoms with Crippen molar-refractivity contribution in [1.29, 1.82) is 0 Å². The molecule has 1 amide bonds. The standard InChI is InChI=1S/C11H16N4O/c1-3-4-10(12)11(16)14-7-9-5-6-13-8(2)15-9/h3,5-6,10H,1,4,7,12H2,2H3,(H,14,16). The van der Waals surface area contributed by atoms with Gasteiger partial charge in [-0.2, -0.15) is 0 Å². The van der Waals surface area contributed by atoms with Gasteiger partial charge < -0.3 is 11.1 Å². The van der Waals surface area contributed by atoms with Gasteiger partial charge in [0.2, 0.25) is 5.91 Å². The number of amides is 1. The van der Waals surface area contributed by atoms with Crippen LogP contribution in [0.3, 0.4) is 0 Å². The number of hydrogen-bond donors (Lipinski definition) is 2. The lowest BCUT2D eigenvalue weighted by atomic mass is 10.2. The maximum absolute atomic E-state index is 11.5. The number of nitrogens with two attached hydrogens (primary N) is 1. The summed E-state index contributed by atoms with van der Waals surface area (Å²) in [5, 5.41) is 2.71. The van der Waals surface area contributed by atoms with Crippen LogP contribution in [0.25, 0.3) is 0 Å². The van der Waals surface area contributed by atoms with Gasteiger partial charge in [0, 0.05) is 6.20 Å². The highest BCUT2D eigenvalue weighted by atomic mass is 16.2. The first-order valence-corrected chi connectivity index (χ1v) is 5.06. The third-order valence-electron chi connectivity index (χ3n) is 2.03. The summed E-state index contributed by atoms with van der Waals surface area (Å²) >= 11 is 0. The second-order valence-electron chi connectivity index (χ2n) is 3.44. The molecule has 1 rings (SSSR count). The van der Waals surface area contributed by atoms with E-state index >= 15 is 0 Å². The fourth-order valence-electron chi connectivity index (χ4n) is 1.20. The second-order valence-corrected chi connectivity index (χ2v) is 3.44. The molecular weight excluding hydrogens is 204 g/mol. The first-order chi connectivity index (χ1) is 7.63. The highest BCUT2D eigenvalue weighted by molar-refractivity contribution is 5.81. The van der Waals surface area contributed by atoms with Crippen LogP contribution < -0.4 is 11.1 Å². The molecule has 1 aromatic rings. The first-order valence-electron chi connectivity index (χ1n) is 5.06. The molecule has 5 heteroatoms. The average Bonchev–Trinajstić information content (AvgIpc) is 2.26. The minimum absolute atomic E-state index is 0.198. The van der Waals surface area contributed by atoms with Gasteiger partial charge in [0.1, 0.15) is 5.82 Å². The number of aromatic nitrogens is 2. The van der Waals surface area contributed by atoms with Crippen molar-refractivity contribution in [3.05, 3.63) is 36.4 Å². The largest absolute Gasteiger partial charge is 0.349 e. The summed E-state index contributed by atoms with van der Waals surface area (Å²) in [5.41, 5.74) is 6.38. The lowest BCUT2D eigenvalue weighted by Gasteiger charge is -2.09. The number of carbonyl (C=O) groups excluding carboxylic acids is 1. The van der Waals surface area contributed by atoms with E-state index < -0.39 is 6.04 Å². The Kier molecular flexibility index (Phi) is 4.60. The molecule has 3 N–H and O–H groups in total. The van der Waals surface area contributed by atoms with Crippen LogP contribution in [0.4, 0.5) is 0 Å². The third kappa shape index (κ3) is 3.78. The Bertz CT molecular complexity index is 378. The van der Waals surface area contributed by atoms with Crippen molar-refractivity contribution >= 4 is 5.91 Å². The number of aryl methyl sites for hydroxylation is 1. The summed E-state index contributed by atoms with van der Waals surface area (Å²) in [6.07, 6.45) is 3.75. The Balaban J connectivity index is 2.45. The molecule has 0 aliphatic heterocycles. The van der Waals surface area contributed by atoms with Crippen LogP contribution >= 0.6 is 0 Å². The van der Waals surface area contributed by atoms with Crippen LogP contribution in [0.2, 0.25) is 0 Å². The highest BCUT2D eigenvalue weighted by Gasteiger charge is 2.10. The van der Waals surface area contributed by atoms with Gasteiger partial charge in [-0.25, -0.2) is 9.97 Å². The van der Waals surface area contributed by atoms with Gasteiger partial charge in [0.25, 0.3) is 0 Å². The number of nitrogens with zero attached hydrogens (tertiary/aromatic N) is 2. The zero-order chi connectivity index (χ0) is 12.0. The summed E-state index contributed by atoms with van der Waals surface area (Å²) in [5.74, 6) is 0.485. The summed E-state index contributed by atoms with van der Waals surface area (Å²) in [7, 11) is 0. The van der Waals surface area contributed by atoms with Gasteiger partial charge in [0.05, 0.1) is 18.3 Å². The Labute approximate surface area is 94.8 Å². The van der Waals surface area contributed by atoms with Crippen LogP contribution in [0.15, 0.2) is 24.9 Å². The fraction of sp³-hybridized carbons (Fsp3) is 0.364. The lowest BCUT2D eigenvalue weighted by Crippen LogP contribution is -2.39. The summed E-state index contributed by atoms with van der Waals surface area (Å²) in [6, 6.07) is 1.21. The van der Waals surface area contributed by atoms with E-state index in [0.29, 0.717) is 18.8 Å². The SMILES string of the molecule is C=CCC(N)C(=O)NCc1ccnc(C)n1. The molecule has 1 aromatic heterocycles. The Morgan fingerprint density at radius 1 is 1.75 bits per heavy atom. The van der Waals surface area contributed by atoms with Crippen molar-refractivity contribution in [2.45, 2.75) is 25.9 Å². The van der Waals surface area contributed by atoms with E-state index in [1.165, 1.54) is 0 Å². The summed E-state index contributed by atoms with van der Waals surface area (Å²) < 4.78 is 0. The third-order valence-corrected chi connectivity index (χ3v) is 2.03. The molecular formula is C11H16N4O. The van der Waals surface area contributed by atoms with Gasteiger partial charge in [-0.1, -0.05) is 6.08 Å². The minimum atomic E-state index is -0.541. The van der Waals surface area contributed by atoms with Gasteiger partial charge in [-0.3, -0.25) is 4.79 Å². The fourth-order valence-corrected chi connectivity index (χ4v) is 1.20. The van der Waals surface area contributed by atoms with Gasteiger partial charge in [-0.15, -0.1) is 6.58 Å². The van der Waals surface area contributed by atoms with Crippen molar-refractivity contribution < 1.29 is 4.79 Å². The van der Waals surface area contributed by atoms with E-state index in [1.54, 1.807) is 25.3 Å². The molecule has 0 aliphatic carbocycles. The monoisotopic (exact) mass is 220 g/mol.